The van der Waals surface area contributed by atoms with Gasteiger partial charge < -0.3 is 14.8 Å². The number of hydrogen-bond acceptors (Lipinski definition) is 5. The Morgan fingerprint density at radius 1 is 1.33 bits per heavy atom. The zero-order valence-electron chi connectivity index (χ0n) is 14.3. The van der Waals surface area contributed by atoms with E-state index in [2.05, 4.69) is 24.8 Å². The van der Waals surface area contributed by atoms with Crippen LogP contribution in [-0.2, 0) is 4.79 Å². The fraction of sp³-hybridized carbons (Fsp3) is 0.588. The fourth-order valence-corrected chi connectivity index (χ4v) is 4.00. The van der Waals surface area contributed by atoms with Crippen LogP contribution in [-0.4, -0.2) is 76.5 Å². The Hall–Kier alpha value is -2.15. The molecule has 0 spiro atoms. The van der Waals surface area contributed by atoms with Gasteiger partial charge in [0, 0.05) is 26.3 Å². The number of likely N-dealkylation sites (N-methyl/N-ethyl adjacent to an activating group) is 2. The first-order chi connectivity index (χ1) is 11.6. The lowest BCUT2D eigenvalue weighted by atomic mass is 10.1. The highest BCUT2D eigenvalue weighted by Crippen LogP contribution is 2.27. The summed E-state index contributed by atoms with van der Waals surface area (Å²) in [4.78, 5) is 31.1. The molecular weight excluding hydrogens is 304 g/mol. The van der Waals surface area contributed by atoms with Gasteiger partial charge in [0.25, 0.3) is 0 Å². The maximum atomic E-state index is 12.8. The van der Waals surface area contributed by atoms with Gasteiger partial charge in [0.2, 0.25) is 5.91 Å². The minimum absolute atomic E-state index is 0.0551. The van der Waals surface area contributed by atoms with Crippen molar-refractivity contribution in [3.05, 3.63) is 18.6 Å². The summed E-state index contributed by atoms with van der Waals surface area (Å²) in [6.07, 6.45) is 6.57. The Morgan fingerprint density at radius 3 is 3.00 bits per heavy atom. The molecule has 1 amide bonds. The van der Waals surface area contributed by atoms with Crippen LogP contribution in [0.3, 0.4) is 0 Å². The number of carbonyl (C=O) groups is 1. The predicted molar refractivity (Wildman–Crippen MR) is 92.9 cm³/mol. The molecule has 2 aromatic heterocycles. The molecule has 0 radical (unpaired) electrons. The first kappa shape index (κ1) is 15.4. The maximum Gasteiger partial charge on any atom is 0.239 e. The van der Waals surface area contributed by atoms with E-state index in [0.29, 0.717) is 0 Å². The van der Waals surface area contributed by atoms with Crippen LogP contribution in [0.25, 0.3) is 11.0 Å². The zero-order valence-corrected chi connectivity index (χ0v) is 14.3. The molecule has 0 aromatic carbocycles. The summed E-state index contributed by atoms with van der Waals surface area (Å²) in [6, 6.07) is 2.32. The summed E-state index contributed by atoms with van der Waals surface area (Å²) >= 11 is 0. The van der Waals surface area contributed by atoms with Crippen molar-refractivity contribution in [2.45, 2.75) is 31.3 Å². The molecular formula is C17H24N6O. The van der Waals surface area contributed by atoms with Crippen molar-refractivity contribution < 1.29 is 4.79 Å². The summed E-state index contributed by atoms with van der Waals surface area (Å²) in [5.74, 6) is 1.22. The second kappa shape index (κ2) is 6.05. The van der Waals surface area contributed by atoms with Gasteiger partial charge in [-0.1, -0.05) is 0 Å². The number of likely N-dealkylation sites (tertiary alicyclic amines) is 1. The van der Waals surface area contributed by atoms with Crippen molar-refractivity contribution in [2.75, 3.05) is 38.6 Å². The van der Waals surface area contributed by atoms with Gasteiger partial charge in [-0.05, 0) is 38.9 Å². The molecule has 4 rings (SSSR count). The zero-order chi connectivity index (χ0) is 16.7. The number of fused-ring (bicyclic) bond motifs is 1. The fourth-order valence-electron chi connectivity index (χ4n) is 4.00. The van der Waals surface area contributed by atoms with Gasteiger partial charge in [-0.3, -0.25) is 9.69 Å². The van der Waals surface area contributed by atoms with Gasteiger partial charge in [-0.2, -0.15) is 0 Å². The molecule has 2 saturated heterocycles. The van der Waals surface area contributed by atoms with E-state index >= 15 is 0 Å². The molecule has 24 heavy (non-hydrogen) atoms. The van der Waals surface area contributed by atoms with Gasteiger partial charge in [-0.25, -0.2) is 9.97 Å². The average molecular weight is 328 g/mol. The summed E-state index contributed by atoms with van der Waals surface area (Å²) < 4.78 is 0. The van der Waals surface area contributed by atoms with Gasteiger partial charge >= 0.3 is 0 Å². The molecule has 128 valence electrons. The van der Waals surface area contributed by atoms with Crippen molar-refractivity contribution in [3.63, 3.8) is 0 Å². The number of nitrogens with zero attached hydrogens (tertiary/aromatic N) is 5. The van der Waals surface area contributed by atoms with Gasteiger partial charge in [0.15, 0.2) is 0 Å². The van der Waals surface area contributed by atoms with Crippen molar-refractivity contribution in [2.24, 2.45) is 0 Å². The molecule has 2 unspecified atom stereocenters. The van der Waals surface area contributed by atoms with E-state index in [-0.39, 0.29) is 18.0 Å². The van der Waals surface area contributed by atoms with Gasteiger partial charge in [0.1, 0.15) is 17.8 Å². The smallest absolute Gasteiger partial charge is 0.239 e. The second-order valence-corrected chi connectivity index (χ2v) is 6.91. The van der Waals surface area contributed by atoms with Crippen LogP contribution in [0.15, 0.2) is 18.6 Å². The SMILES string of the molecule is CN1CCCC1C(=O)N(C)C1CCN(c2ncnc3[nH]ccc23)C1. The number of aromatic nitrogens is 3. The van der Waals surface area contributed by atoms with Crippen LogP contribution in [0, 0.1) is 0 Å². The Labute approximate surface area is 141 Å². The molecule has 2 aliphatic rings. The molecule has 7 nitrogen and oxygen atoms in total. The number of amides is 1. The quantitative estimate of drug-likeness (QED) is 0.913. The summed E-state index contributed by atoms with van der Waals surface area (Å²) in [5, 5.41) is 1.04. The van der Waals surface area contributed by atoms with E-state index in [9.17, 15) is 4.79 Å². The number of aromatic amines is 1. The van der Waals surface area contributed by atoms with Crippen LogP contribution in [0.2, 0.25) is 0 Å². The Kier molecular flexibility index (Phi) is 3.88. The van der Waals surface area contributed by atoms with Crippen LogP contribution in [0.1, 0.15) is 19.3 Å². The van der Waals surface area contributed by atoms with Crippen molar-refractivity contribution in [3.8, 4) is 0 Å². The van der Waals surface area contributed by atoms with Gasteiger partial charge in [-0.15, -0.1) is 0 Å². The van der Waals surface area contributed by atoms with E-state index < -0.39 is 0 Å². The Bertz CT molecular complexity index is 744. The lowest BCUT2D eigenvalue weighted by molar-refractivity contribution is -0.136. The largest absolute Gasteiger partial charge is 0.354 e. The molecule has 4 heterocycles. The summed E-state index contributed by atoms with van der Waals surface area (Å²) in [6.45, 7) is 2.77. The number of nitrogens with one attached hydrogen (secondary N) is 1. The average Bonchev–Trinajstić information content (AvgIpc) is 3.32. The van der Waals surface area contributed by atoms with Crippen molar-refractivity contribution in [1.29, 1.82) is 0 Å². The van der Waals surface area contributed by atoms with Crippen molar-refractivity contribution in [1.82, 2.24) is 24.8 Å². The molecule has 2 fully saturated rings. The highest BCUT2D eigenvalue weighted by molar-refractivity contribution is 5.87. The number of carbonyl (C=O) groups excluding carboxylic acids is 1. The van der Waals surface area contributed by atoms with Crippen LogP contribution >= 0.6 is 0 Å². The summed E-state index contributed by atoms with van der Waals surface area (Å²) in [5.41, 5.74) is 0.862. The number of H-pyrrole nitrogens is 1. The van der Waals surface area contributed by atoms with Crippen LogP contribution < -0.4 is 4.90 Å². The first-order valence-electron chi connectivity index (χ1n) is 8.65. The molecule has 0 saturated carbocycles. The molecule has 1 N–H and O–H groups in total. The molecule has 2 atom stereocenters. The van der Waals surface area contributed by atoms with Gasteiger partial charge in [0.05, 0.1) is 17.5 Å². The minimum atomic E-state index is 0.0551. The molecule has 2 aliphatic heterocycles. The monoisotopic (exact) mass is 328 g/mol. The maximum absolute atomic E-state index is 12.8. The third-order valence-corrected chi connectivity index (χ3v) is 5.50. The van der Waals surface area contributed by atoms with Crippen LogP contribution in [0.5, 0.6) is 0 Å². The highest BCUT2D eigenvalue weighted by atomic mass is 16.2. The van der Waals surface area contributed by atoms with E-state index in [0.717, 1.165) is 55.7 Å². The third kappa shape index (κ3) is 2.53. The third-order valence-electron chi connectivity index (χ3n) is 5.50. The molecule has 7 heteroatoms. The minimum Gasteiger partial charge on any atom is -0.354 e. The Balaban J connectivity index is 1.48. The lowest BCUT2D eigenvalue weighted by Gasteiger charge is -2.30. The molecule has 0 aliphatic carbocycles. The van der Waals surface area contributed by atoms with E-state index in [1.54, 1.807) is 6.33 Å². The normalized spacial score (nSPS) is 24.8. The predicted octanol–water partition coefficient (Wildman–Crippen LogP) is 1.09. The number of hydrogen-bond donors (Lipinski definition) is 1. The lowest BCUT2D eigenvalue weighted by Crippen LogP contribution is -2.47. The van der Waals surface area contributed by atoms with Crippen LogP contribution in [0.4, 0.5) is 5.82 Å². The topological polar surface area (TPSA) is 68.4 Å². The molecule has 2 aromatic rings. The highest BCUT2D eigenvalue weighted by Gasteiger charge is 2.35. The molecule has 0 bridgehead atoms. The standard InChI is InChI=1S/C17H24N6O/c1-21-8-3-4-14(21)17(24)22(2)12-6-9-23(10-12)16-13-5-7-18-15(13)19-11-20-16/h5,7,11-12,14H,3-4,6,8-10H2,1-2H3,(H,18,19,20). The van der Waals surface area contributed by atoms with E-state index in [4.69, 9.17) is 0 Å². The van der Waals surface area contributed by atoms with E-state index in [1.165, 1.54) is 0 Å². The van der Waals surface area contributed by atoms with E-state index in [1.807, 2.05) is 31.3 Å². The summed E-state index contributed by atoms with van der Waals surface area (Å²) in [7, 11) is 4.00. The second-order valence-electron chi connectivity index (χ2n) is 6.91. The van der Waals surface area contributed by atoms with Crippen molar-refractivity contribution >= 4 is 22.8 Å². The number of rotatable bonds is 3. The first-order valence-corrected chi connectivity index (χ1v) is 8.65. The Morgan fingerprint density at radius 2 is 2.21 bits per heavy atom. The number of anilines is 1.